The van der Waals surface area contributed by atoms with Crippen molar-refractivity contribution in [3.05, 3.63) is 11.7 Å². The fourth-order valence-corrected chi connectivity index (χ4v) is 2.17. The standard InChI is InChI=1S/C12H17N3O3/c1-7-13-10(18-15-7)9-8(3-6-17-9)14-11(16)12(2)4-5-12/h8-9H,3-6H2,1-2H3,(H,14,16)/t8-,9+/m0/s1. The number of hydrogen-bond donors (Lipinski definition) is 1. The van der Waals surface area contributed by atoms with Crippen LogP contribution >= 0.6 is 0 Å². The van der Waals surface area contributed by atoms with Crippen molar-refractivity contribution >= 4 is 5.91 Å². The molecule has 2 aliphatic rings. The van der Waals surface area contributed by atoms with E-state index in [4.69, 9.17) is 9.26 Å². The van der Waals surface area contributed by atoms with Gasteiger partial charge in [0.25, 0.3) is 5.89 Å². The van der Waals surface area contributed by atoms with Gasteiger partial charge in [0.15, 0.2) is 11.9 Å². The molecule has 1 N–H and O–H groups in total. The monoisotopic (exact) mass is 251 g/mol. The number of nitrogens with one attached hydrogen (secondary N) is 1. The molecule has 2 fully saturated rings. The molecule has 0 radical (unpaired) electrons. The van der Waals surface area contributed by atoms with Crippen molar-refractivity contribution in [2.75, 3.05) is 6.61 Å². The Balaban J connectivity index is 1.69. The number of hydrogen-bond acceptors (Lipinski definition) is 5. The summed E-state index contributed by atoms with van der Waals surface area (Å²) < 4.78 is 10.7. The first-order valence-electron chi connectivity index (χ1n) is 6.31. The van der Waals surface area contributed by atoms with Crippen LogP contribution in [0.2, 0.25) is 0 Å². The molecule has 0 aromatic carbocycles. The van der Waals surface area contributed by atoms with Gasteiger partial charge in [-0.1, -0.05) is 12.1 Å². The summed E-state index contributed by atoms with van der Waals surface area (Å²) in [4.78, 5) is 16.2. The van der Waals surface area contributed by atoms with Gasteiger partial charge >= 0.3 is 0 Å². The summed E-state index contributed by atoms with van der Waals surface area (Å²) >= 11 is 0. The van der Waals surface area contributed by atoms with E-state index in [1.54, 1.807) is 6.92 Å². The molecule has 2 atom stereocenters. The highest BCUT2D eigenvalue weighted by Gasteiger charge is 2.47. The zero-order valence-corrected chi connectivity index (χ0v) is 10.6. The average Bonchev–Trinajstić information content (AvgIpc) is 2.77. The van der Waals surface area contributed by atoms with Crippen molar-refractivity contribution in [3.63, 3.8) is 0 Å². The van der Waals surface area contributed by atoms with Gasteiger partial charge in [0.05, 0.1) is 6.04 Å². The van der Waals surface area contributed by atoms with Crippen molar-refractivity contribution in [3.8, 4) is 0 Å². The molecule has 0 bridgehead atoms. The lowest BCUT2D eigenvalue weighted by atomic mass is 10.1. The highest BCUT2D eigenvalue weighted by molar-refractivity contribution is 5.85. The molecule has 2 heterocycles. The Labute approximate surface area is 105 Å². The maximum atomic E-state index is 12.0. The van der Waals surface area contributed by atoms with Gasteiger partial charge < -0.3 is 14.6 Å². The van der Waals surface area contributed by atoms with Crippen LogP contribution in [0, 0.1) is 12.3 Å². The Morgan fingerprint density at radius 2 is 2.28 bits per heavy atom. The van der Waals surface area contributed by atoms with E-state index in [2.05, 4.69) is 15.5 Å². The van der Waals surface area contributed by atoms with Gasteiger partial charge in [-0.25, -0.2) is 0 Å². The quantitative estimate of drug-likeness (QED) is 0.871. The van der Waals surface area contributed by atoms with Crippen molar-refractivity contribution in [1.82, 2.24) is 15.5 Å². The number of amides is 1. The topological polar surface area (TPSA) is 77.3 Å². The van der Waals surface area contributed by atoms with Crippen LogP contribution in [0.1, 0.15) is 44.0 Å². The van der Waals surface area contributed by atoms with Gasteiger partial charge in [0.1, 0.15) is 0 Å². The Morgan fingerprint density at radius 3 is 2.89 bits per heavy atom. The van der Waals surface area contributed by atoms with Crippen LogP contribution < -0.4 is 5.32 Å². The minimum absolute atomic E-state index is 0.0604. The summed E-state index contributed by atoms with van der Waals surface area (Å²) in [5, 5.41) is 6.80. The second kappa shape index (κ2) is 4.05. The third-order valence-electron chi connectivity index (χ3n) is 3.74. The molecule has 1 aliphatic carbocycles. The maximum absolute atomic E-state index is 12.0. The molecule has 18 heavy (non-hydrogen) atoms. The average molecular weight is 251 g/mol. The number of carbonyl (C=O) groups is 1. The lowest BCUT2D eigenvalue weighted by Gasteiger charge is -2.19. The number of carbonyl (C=O) groups excluding carboxylic acids is 1. The SMILES string of the molecule is Cc1noc([C@@H]2OCC[C@@H]2NC(=O)C2(C)CC2)n1. The van der Waals surface area contributed by atoms with Crippen LogP contribution in [0.15, 0.2) is 4.52 Å². The van der Waals surface area contributed by atoms with E-state index in [0.717, 1.165) is 19.3 Å². The van der Waals surface area contributed by atoms with Gasteiger partial charge in [-0.05, 0) is 26.2 Å². The zero-order valence-electron chi connectivity index (χ0n) is 10.6. The molecule has 1 aliphatic heterocycles. The molecule has 98 valence electrons. The van der Waals surface area contributed by atoms with Crippen LogP contribution in [0.5, 0.6) is 0 Å². The first-order valence-corrected chi connectivity index (χ1v) is 6.31. The minimum atomic E-state index is -0.308. The molecule has 6 heteroatoms. The summed E-state index contributed by atoms with van der Waals surface area (Å²) in [5.41, 5.74) is -0.169. The van der Waals surface area contributed by atoms with Crippen LogP contribution in [-0.2, 0) is 9.53 Å². The smallest absolute Gasteiger partial charge is 0.257 e. The van der Waals surface area contributed by atoms with E-state index in [-0.39, 0.29) is 23.5 Å². The van der Waals surface area contributed by atoms with Crippen molar-refractivity contribution in [2.45, 2.75) is 45.3 Å². The van der Waals surface area contributed by atoms with E-state index in [9.17, 15) is 4.79 Å². The molecule has 1 saturated carbocycles. The molecule has 6 nitrogen and oxygen atoms in total. The lowest BCUT2D eigenvalue weighted by molar-refractivity contribution is -0.127. The molecule has 1 saturated heterocycles. The Kier molecular flexibility index (Phi) is 2.62. The van der Waals surface area contributed by atoms with E-state index in [0.29, 0.717) is 18.3 Å². The Bertz CT molecular complexity index is 467. The van der Waals surface area contributed by atoms with Crippen molar-refractivity contribution in [1.29, 1.82) is 0 Å². The zero-order chi connectivity index (χ0) is 12.8. The van der Waals surface area contributed by atoms with Crippen LogP contribution in [-0.4, -0.2) is 28.7 Å². The number of aryl methyl sites for hydroxylation is 1. The predicted octanol–water partition coefficient (Wildman–Crippen LogP) is 1.12. The molecule has 0 spiro atoms. The summed E-state index contributed by atoms with van der Waals surface area (Å²) in [7, 11) is 0. The molecule has 1 aromatic heterocycles. The van der Waals surface area contributed by atoms with Crippen LogP contribution in [0.4, 0.5) is 0 Å². The molecule has 1 amide bonds. The first kappa shape index (κ1) is 11.6. The number of aromatic nitrogens is 2. The highest BCUT2D eigenvalue weighted by atomic mass is 16.5. The maximum Gasteiger partial charge on any atom is 0.257 e. The summed E-state index contributed by atoms with van der Waals surface area (Å²) in [6.07, 6.45) is 2.42. The van der Waals surface area contributed by atoms with Crippen molar-refractivity contribution < 1.29 is 14.1 Å². The molecule has 1 aromatic rings. The second-order valence-corrected chi connectivity index (χ2v) is 5.40. The van der Waals surface area contributed by atoms with Crippen LogP contribution in [0.25, 0.3) is 0 Å². The van der Waals surface area contributed by atoms with Gasteiger partial charge in [0, 0.05) is 12.0 Å². The predicted molar refractivity (Wildman–Crippen MR) is 61.6 cm³/mol. The Morgan fingerprint density at radius 1 is 1.50 bits per heavy atom. The third kappa shape index (κ3) is 2.01. The number of rotatable bonds is 3. The normalized spacial score (nSPS) is 29.2. The van der Waals surface area contributed by atoms with E-state index >= 15 is 0 Å². The summed E-state index contributed by atoms with van der Waals surface area (Å²) in [6.45, 7) is 4.36. The van der Waals surface area contributed by atoms with Crippen molar-refractivity contribution in [2.24, 2.45) is 5.41 Å². The van der Waals surface area contributed by atoms with E-state index < -0.39 is 0 Å². The fraction of sp³-hybridized carbons (Fsp3) is 0.750. The van der Waals surface area contributed by atoms with Gasteiger partial charge in [-0.3, -0.25) is 4.79 Å². The minimum Gasteiger partial charge on any atom is -0.366 e. The van der Waals surface area contributed by atoms with Gasteiger partial charge in [0.2, 0.25) is 5.91 Å². The number of ether oxygens (including phenoxy) is 1. The van der Waals surface area contributed by atoms with Gasteiger partial charge in [-0.2, -0.15) is 4.98 Å². The Hall–Kier alpha value is -1.43. The largest absolute Gasteiger partial charge is 0.366 e. The number of nitrogens with zero attached hydrogens (tertiary/aromatic N) is 2. The van der Waals surface area contributed by atoms with E-state index in [1.807, 2.05) is 6.92 Å². The third-order valence-corrected chi connectivity index (χ3v) is 3.74. The van der Waals surface area contributed by atoms with Gasteiger partial charge in [-0.15, -0.1) is 0 Å². The molecular formula is C12H17N3O3. The fourth-order valence-electron chi connectivity index (χ4n) is 2.17. The van der Waals surface area contributed by atoms with Crippen LogP contribution in [0.3, 0.4) is 0 Å². The van der Waals surface area contributed by atoms with E-state index in [1.165, 1.54) is 0 Å². The molecular weight excluding hydrogens is 234 g/mol. The highest BCUT2D eigenvalue weighted by Crippen LogP contribution is 2.45. The second-order valence-electron chi connectivity index (χ2n) is 5.40. The molecule has 3 rings (SSSR count). The summed E-state index contributed by atoms with van der Waals surface area (Å²) in [5.74, 6) is 1.15. The first-order chi connectivity index (χ1) is 8.58. The lowest BCUT2D eigenvalue weighted by Crippen LogP contribution is -2.40. The molecule has 0 unspecified atom stereocenters. The summed E-state index contributed by atoms with van der Waals surface area (Å²) in [6, 6.07) is -0.0604.